The fraction of sp³-hybridized carbons (Fsp3) is 0.143. The lowest BCUT2D eigenvalue weighted by Gasteiger charge is -2.11. The Morgan fingerprint density at radius 1 is 1.11 bits per heavy atom. The molecule has 0 atom stereocenters. The van der Waals surface area contributed by atoms with E-state index in [1.54, 1.807) is 30.3 Å². The van der Waals surface area contributed by atoms with Gasteiger partial charge in [0.1, 0.15) is 18.2 Å². The minimum Gasteiger partial charge on any atom is -0.488 e. The van der Waals surface area contributed by atoms with Crippen LogP contribution in [0.1, 0.15) is 11.1 Å². The first kappa shape index (κ1) is 14.4. The SMILES string of the molecule is Fc1cccc(Cl)c1COc1ccc(Cl)cc1CCl. The van der Waals surface area contributed by atoms with E-state index in [4.69, 9.17) is 39.5 Å². The minimum absolute atomic E-state index is 0.0387. The second-order valence-electron chi connectivity index (χ2n) is 3.87. The van der Waals surface area contributed by atoms with Gasteiger partial charge in [-0.2, -0.15) is 0 Å². The normalized spacial score (nSPS) is 10.5. The van der Waals surface area contributed by atoms with Crippen molar-refractivity contribution in [2.24, 2.45) is 0 Å². The van der Waals surface area contributed by atoms with E-state index in [2.05, 4.69) is 0 Å². The van der Waals surface area contributed by atoms with Crippen LogP contribution in [0, 0.1) is 5.82 Å². The van der Waals surface area contributed by atoms with Crippen LogP contribution in [0.3, 0.4) is 0 Å². The van der Waals surface area contributed by atoms with Crippen molar-refractivity contribution in [2.45, 2.75) is 12.5 Å². The summed E-state index contributed by atoms with van der Waals surface area (Å²) < 4.78 is 19.2. The van der Waals surface area contributed by atoms with Gasteiger partial charge in [-0.25, -0.2) is 4.39 Å². The average Bonchev–Trinajstić information content (AvgIpc) is 2.39. The van der Waals surface area contributed by atoms with Crippen molar-refractivity contribution in [2.75, 3.05) is 0 Å². The molecule has 100 valence electrons. The van der Waals surface area contributed by atoms with Crippen molar-refractivity contribution in [3.05, 3.63) is 63.4 Å². The van der Waals surface area contributed by atoms with Crippen LogP contribution >= 0.6 is 34.8 Å². The summed E-state index contributed by atoms with van der Waals surface area (Å²) >= 11 is 17.6. The first-order valence-electron chi connectivity index (χ1n) is 5.52. The number of ether oxygens (including phenoxy) is 1. The van der Waals surface area contributed by atoms with Crippen LogP contribution in [0.15, 0.2) is 36.4 Å². The van der Waals surface area contributed by atoms with E-state index in [1.807, 2.05) is 0 Å². The smallest absolute Gasteiger partial charge is 0.131 e. The third-order valence-electron chi connectivity index (χ3n) is 2.60. The number of hydrogen-bond donors (Lipinski definition) is 0. The van der Waals surface area contributed by atoms with Gasteiger partial charge in [-0.3, -0.25) is 0 Å². The van der Waals surface area contributed by atoms with Crippen molar-refractivity contribution in [1.82, 2.24) is 0 Å². The van der Waals surface area contributed by atoms with Crippen molar-refractivity contribution >= 4 is 34.8 Å². The molecule has 0 aliphatic rings. The minimum atomic E-state index is -0.395. The third-order valence-corrected chi connectivity index (χ3v) is 3.48. The number of halogens is 4. The van der Waals surface area contributed by atoms with Gasteiger partial charge in [0.15, 0.2) is 0 Å². The second-order valence-corrected chi connectivity index (χ2v) is 4.99. The Kier molecular flexibility index (Phi) is 4.92. The zero-order valence-electron chi connectivity index (χ0n) is 9.80. The van der Waals surface area contributed by atoms with Gasteiger partial charge in [-0.05, 0) is 30.3 Å². The third kappa shape index (κ3) is 3.53. The largest absolute Gasteiger partial charge is 0.488 e. The number of alkyl halides is 1. The molecule has 0 saturated carbocycles. The lowest BCUT2D eigenvalue weighted by Crippen LogP contribution is -2.01. The first-order valence-corrected chi connectivity index (χ1v) is 6.81. The zero-order valence-corrected chi connectivity index (χ0v) is 12.1. The Balaban J connectivity index is 2.19. The van der Waals surface area contributed by atoms with Gasteiger partial charge in [0.05, 0.1) is 10.9 Å². The summed E-state index contributed by atoms with van der Waals surface area (Å²) in [6.45, 7) is 0.0387. The maximum absolute atomic E-state index is 13.6. The van der Waals surface area contributed by atoms with Gasteiger partial charge in [0, 0.05) is 16.1 Å². The molecule has 19 heavy (non-hydrogen) atoms. The Morgan fingerprint density at radius 3 is 2.58 bits per heavy atom. The Bertz CT molecular complexity index is 567. The quantitative estimate of drug-likeness (QED) is 0.681. The predicted molar refractivity (Wildman–Crippen MR) is 76.8 cm³/mol. The fourth-order valence-corrected chi connectivity index (χ4v) is 2.23. The first-order chi connectivity index (χ1) is 9.11. The summed E-state index contributed by atoms with van der Waals surface area (Å²) in [5, 5.41) is 0.910. The highest BCUT2D eigenvalue weighted by Crippen LogP contribution is 2.27. The monoisotopic (exact) mass is 318 g/mol. The molecule has 2 aromatic carbocycles. The maximum Gasteiger partial charge on any atom is 0.131 e. The molecule has 1 nitrogen and oxygen atoms in total. The van der Waals surface area contributed by atoms with E-state index in [-0.39, 0.29) is 12.5 Å². The molecule has 0 fully saturated rings. The molecule has 0 saturated heterocycles. The van der Waals surface area contributed by atoms with Crippen LogP contribution in [-0.4, -0.2) is 0 Å². The molecule has 2 rings (SSSR count). The zero-order chi connectivity index (χ0) is 13.8. The molecule has 0 aliphatic heterocycles. The molecular weight excluding hydrogens is 310 g/mol. The van der Waals surface area contributed by atoms with E-state index in [1.165, 1.54) is 6.07 Å². The highest BCUT2D eigenvalue weighted by atomic mass is 35.5. The van der Waals surface area contributed by atoms with Gasteiger partial charge in [-0.15, -0.1) is 11.6 Å². The van der Waals surface area contributed by atoms with E-state index in [9.17, 15) is 4.39 Å². The molecule has 0 heterocycles. The standard InChI is InChI=1S/C14H10Cl3FO/c15-7-9-6-10(16)4-5-14(9)19-8-11-12(17)2-1-3-13(11)18/h1-6H,7-8H2. The highest BCUT2D eigenvalue weighted by molar-refractivity contribution is 6.31. The molecule has 0 N–H and O–H groups in total. The maximum atomic E-state index is 13.6. The van der Waals surface area contributed by atoms with Crippen LogP contribution in [0.2, 0.25) is 10.0 Å². The summed E-state index contributed by atoms with van der Waals surface area (Å²) in [4.78, 5) is 0. The molecular formula is C14H10Cl3FO. The van der Waals surface area contributed by atoms with Gasteiger partial charge < -0.3 is 4.74 Å². The van der Waals surface area contributed by atoms with Crippen LogP contribution in [0.4, 0.5) is 4.39 Å². The average molecular weight is 320 g/mol. The molecule has 0 bridgehead atoms. The number of benzene rings is 2. The van der Waals surface area contributed by atoms with Gasteiger partial charge in [0.25, 0.3) is 0 Å². The Morgan fingerprint density at radius 2 is 1.89 bits per heavy atom. The number of hydrogen-bond acceptors (Lipinski definition) is 1. The highest BCUT2D eigenvalue weighted by Gasteiger charge is 2.09. The topological polar surface area (TPSA) is 9.23 Å². The second kappa shape index (κ2) is 6.47. The summed E-state index contributed by atoms with van der Waals surface area (Å²) in [6, 6.07) is 9.62. The molecule has 2 aromatic rings. The summed E-state index contributed by atoms with van der Waals surface area (Å²) in [5.41, 5.74) is 1.07. The van der Waals surface area contributed by atoms with Crippen molar-refractivity contribution < 1.29 is 9.13 Å². The lowest BCUT2D eigenvalue weighted by molar-refractivity contribution is 0.297. The van der Waals surface area contributed by atoms with Crippen LogP contribution < -0.4 is 4.74 Å². The van der Waals surface area contributed by atoms with Gasteiger partial charge in [-0.1, -0.05) is 29.3 Å². The Labute approximate surface area is 125 Å². The molecule has 0 amide bonds. The van der Waals surface area contributed by atoms with E-state index < -0.39 is 5.82 Å². The van der Waals surface area contributed by atoms with Crippen molar-refractivity contribution in [3.63, 3.8) is 0 Å². The lowest BCUT2D eigenvalue weighted by atomic mass is 10.2. The van der Waals surface area contributed by atoms with E-state index >= 15 is 0 Å². The molecule has 0 radical (unpaired) electrons. The van der Waals surface area contributed by atoms with Crippen LogP contribution in [0.25, 0.3) is 0 Å². The summed E-state index contributed by atoms with van der Waals surface area (Å²) in [6.07, 6.45) is 0. The molecule has 0 aromatic heterocycles. The van der Waals surface area contributed by atoms with E-state index in [0.717, 1.165) is 5.56 Å². The van der Waals surface area contributed by atoms with Crippen molar-refractivity contribution in [3.8, 4) is 5.75 Å². The molecule has 5 heteroatoms. The summed E-state index contributed by atoms with van der Waals surface area (Å²) in [5.74, 6) is 0.438. The van der Waals surface area contributed by atoms with Gasteiger partial charge in [0.2, 0.25) is 0 Å². The van der Waals surface area contributed by atoms with E-state index in [0.29, 0.717) is 21.4 Å². The van der Waals surface area contributed by atoms with Crippen LogP contribution in [0.5, 0.6) is 5.75 Å². The van der Waals surface area contributed by atoms with Crippen molar-refractivity contribution in [1.29, 1.82) is 0 Å². The molecule has 0 aliphatic carbocycles. The Hall–Kier alpha value is -0.960. The fourth-order valence-electron chi connectivity index (χ4n) is 1.61. The molecule has 0 unspecified atom stereocenters. The van der Waals surface area contributed by atoms with Crippen LogP contribution in [-0.2, 0) is 12.5 Å². The number of rotatable bonds is 4. The predicted octanol–water partition coefficient (Wildman–Crippen LogP) is 5.45. The van der Waals surface area contributed by atoms with Gasteiger partial charge >= 0.3 is 0 Å². The molecule has 0 spiro atoms. The summed E-state index contributed by atoms with van der Waals surface area (Å²) in [7, 11) is 0.